The molecular formula is C22H25NO3. The van der Waals surface area contributed by atoms with Crippen LogP contribution in [0.15, 0.2) is 42.5 Å². The molecule has 0 aromatic heterocycles. The maximum atomic E-state index is 9.96. The molecule has 26 heavy (non-hydrogen) atoms. The van der Waals surface area contributed by atoms with Crippen molar-refractivity contribution in [2.75, 3.05) is 27.3 Å². The molecule has 2 aliphatic heterocycles. The third kappa shape index (κ3) is 3.06. The summed E-state index contributed by atoms with van der Waals surface area (Å²) in [7, 11) is 3.29. The fraction of sp³-hybridized carbons (Fsp3) is 0.364. The van der Waals surface area contributed by atoms with Crippen LogP contribution in [-0.4, -0.2) is 43.4 Å². The summed E-state index contributed by atoms with van der Waals surface area (Å²) in [6.07, 6.45) is 3.60. The van der Waals surface area contributed by atoms with Gasteiger partial charge in [-0.2, -0.15) is 0 Å². The molecule has 0 spiro atoms. The Hall–Kier alpha value is -2.46. The van der Waals surface area contributed by atoms with Gasteiger partial charge in [0, 0.05) is 12.6 Å². The van der Waals surface area contributed by atoms with Gasteiger partial charge in [0.25, 0.3) is 0 Å². The molecule has 0 bridgehead atoms. The number of hydrogen-bond acceptors (Lipinski definition) is 4. The van der Waals surface area contributed by atoms with Crippen molar-refractivity contribution in [1.29, 1.82) is 0 Å². The lowest BCUT2D eigenvalue weighted by Crippen LogP contribution is -2.35. The first-order valence-electron chi connectivity index (χ1n) is 9.17. The highest BCUT2D eigenvalue weighted by Gasteiger charge is 2.32. The van der Waals surface area contributed by atoms with Gasteiger partial charge in [0.05, 0.1) is 14.2 Å². The SMILES string of the molecule is COc1ccc(C2=C(c3ccc(O)c(OC)c3)CN3CCC[C@H]3C2)cc1. The molecule has 1 N–H and O–H groups in total. The van der Waals surface area contributed by atoms with Crippen molar-refractivity contribution in [3.8, 4) is 17.2 Å². The molecule has 2 aliphatic rings. The van der Waals surface area contributed by atoms with Crippen molar-refractivity contribution in [2.45, 2.75) is 25.3 Å². The largest absolute Gasteiger partial charge is 0.504 e. The minimum absolute atomic E-state index is 0.178. The van der Waals surface area contributed by atoms with E-state index in [0.717, 1.165) is 24.3 Å². The van der Waals surface area contributed by atoms with Crippen molar-refractivity contribution in [1.82, 2.24) is 4.90 Å². The Morgan fingerprint density at radius 2 is 1.73 bits per heavy atom. The molecular weight excluding hydrogens is 326 g/mol. The van der Waals surface area contributed by atoms with Crippen LogP contribution in [0.2, 0.25) is 0 Å². The first kappa shape index (κ1) is 17.0. The molecule has 4 rings (SSSR count). The molecule has 4 nitrogen and oxygen atoms in total. The molecule has 0 aliphatic carbocycles. The van der Waals surface area contributed by atoms with Crippen LogP contribution in [0.5, 0.6) is 17.2 Å². The van der Waals surface area contributed by atoms with Crippen molar-refractivity contribution in [2.24, 2.45) is 0 Å². The first-order valence-corrected chi connectivity index (χ1v) is 9.17. The summed E-state index contributed by atoms with van der Waals surface area (Å²) in [4.78, 5) is 2.59. The Morgan fingerprint density at radius 1 is 0.962 bits per heavy atom. The van der Waals surface area contributed by atoms with Crippen molar-refractivity contribution in [3.63, 3.8) is 0 Å². The zero-order chi connectivity index (χ0) is 18.1. The van der Waals surface area contributed by atoms with Crippen LogP contribution < -0.4 is 9.47 Å². The standard InChI is InChI=1S/C22H25NO3/c1-25-18-8-5-15(6-9-18)19-13-17-4-3-11-23(17)14-20(19)16-7-10-21(24)22(12-16)26-2/h5-10,12,17,24H,3-4,11,13-14H2,1-2H3/t17-/m0/s1. The average Bonchev–Trinajstić information content (AvgIpc) is 3.15. The number of nitrogens with zero attached hydrogens (tertiary/aromatic N) is 1. The number of hydrogen-bond donors (Lipinski definition) is 1. The van der Waals surface area contributed by atoms with Gasteiger partial charge < -0.3 is 14.6 Å². The zero-order valence-electron chi connectivity index (χ0n) is 15.4. The summed E-state index contributed by atoms with van der Waals surface area (Å²) in [6, 6.07) is 14.7. The predicted molar refractivity (Wildman–Crippen MR) is 104 cm³/mol. The van der Waals surface area contributed by atoms with E-state index in [2.05, 4.69) is 17.0 Å². The normalized spacial score (nSPS) is 20.2. The molecule has 0 amide bonds. The topological polar surface area (TPSA) is 41.9 Å². The number of ether oxygens (including phenoxy) is 2. The highest BCUT2D eigenvalue weighted by Crippen LogP contribution is 2.41. The molecule has 136 valence electrons. The molecule has 1 saturated heterocycles. The highest BCUT2D eigenvalue weighted by atomic mass is 16.5. The van der Waals surface area contributed by atoms with Gasteiger partial charge in [-0.05, 0) is 72.3 Å². The van der Waals surface area contributed by atoms with E-state index in [1.165, 1.54) is 36.1 Å². The Bertz CT molecular complexity index is 826. The van der Waals surface area contributed by atoms with Crippen molar-refractivity contribution < 1.29 is 14.6 Å². The van der Waals surface area contributed by atoms with Gasteiger partial charge in [-0.15, -0.1) is 0 Å². The molecule has 4 heteroatoms. The second kappa shape index (κ2) is 7.04. The van der Waals surface area contributed by atoms with E-state index < -0.39 is 0 Å². The van der Waals surface area contributed by atoms with Gasteiger partial charge in [0.2, 0.25) is 0 Å². The second-order valence-electron chi connectivity index (χ2n) is 7.04. The Kier molecular flexibility index (Phi) is 4.60. The van der Waals surface area contributed by atoms with Crippen LogP contribution in [0.1, 0.15) is 30.4 Å². The maximum Gasteiger partial charge on any atom is 0.161 e. The molecule has 0 saturated carbocycles. The quantitative estimate of drug-likeness (QED) is 0.897. The van der Waals surface area contributed by atoms with Crippen LogP contribution in [-0.2, 0) is 0 Å². The van der Waals surface area contributed by atoms with Gasteiger partial charge in [-0.25, -0.2) is 0 Å². The van der Waals surface area contributed by atoms with E-state index in [1.54, 1.807) is 20.3 Å². The summed E-state index contributed by atoms with van der Waals surface area (Å²) in [6.45, 7) is 2.11. The minimum atomic E-state index is 0.178. The lowest BCUT2D eigenvalue weighted by atomic mass is 9.86. The van der Waals surface area contributed by atoms with Crippen LogP contribution in [0, 0.1) is 0 Å². The van der Waals surface area contributed by atoms with Gasteiger partial charge in [-0.1, -0.05) is 18.2 Å². The summed E-state index contributed by atoms with van der Waals surface area (Å²) in [5, 5.41) is 9.96. The van der Waals surface area contributed by atoms with Gasteiger partial charge in [0.15, 0.2) is 11.5 Å². The number of benzene rings is 2. The Morgan fingerprint density at radius 3 is 2.46 bits per heavy atom. The summed E-state index contributed by atoms with van der Waals surface area (Å²) in [5.74, 6) is 1.57. The van der Waals surface area contributed by atoms with Crippen LogP contribution >= 0.6 is 0 Å². The first-order chi connectivity index (χ1) is 12.7. The van der Waals surface area contributed by atoms with Crippen LogP contribution in [0.25, 0.3) is 11.1 Å². The summed E-state index contributed by atoms with van der Waals surface area (Å²) >= 11 is 0. The number of phenols is 1. The van der Waals surface area contributed by atoms with Gasteiger partial charge in [-0.3, -0.25) is 4.90 Å². The number of phenolic OH excluding ortho intramolecular Hbond substituents is 1. The number of fused-ring (bicyclic) bond motifs is 1. The predicted octanol–water partition coefficient (Wildman–Crippen LogP) is 4.19. The summed E-state index contributed by atoms with van der Waals surface area (Å²) in [5.41, 5.74) is 5.09. The molecule has 2 aromatic carbocycles. The van der Waals surface area contributed by atoms with Gasteiger partial charge >= 0.3 is 0 Å². The van der Waals surface area contributed by atoms with E-state index >= 15 is 0 Å². The molecule has 1 fully saturated rings. The smallest absolute Gasteiger partial charge is 0.161 e. The van der Waals surface area contributed by atoms with Crippen LogP contribution in [0.4, 0.5) is 0 Å². The van der Waals surface area contributed by atoms with E-state index in [4.69, 9.17) is 9.47 Å². The Labute approximate surface area is 154 Å². The van der Waals surface area contributed by atoms with E-state index in [9.17, 15) is 5.11 Å². The highest BCUT2D eigenvalue weighted by molar-refractivity contribution is 5.93. The number of rotatable bonds is 4. The number of aromatic hydroxyl groups is 1. The fourth-order valence-corrected chi connectivity index (χ4v) is 4.21. The minimum Gasteiger partial charge on any atom is -0.504 e. The lowest BCUT2D eigenvalue weighted by molar-refractivity contribution is 0.280. The van der Waals surface area contributed by atoms with E-state index in [0.29, 0.717) is 11.8 Å². The average molecular weight is 351 g/mol. The Balaban J connectivity index is 1.81. The molecule has 1 atom stereocenters. The maximum absolute atomic E-state index is 9.96. The second-order valence-corrected chi connectivity index (χ2v) is 7.04. The zero-order valence-corrected chi connectivity index (χ0v) is 15.4. The third-order valence-corrected chi connectivity index (χ3v) is 5.63. The van der Waals surface area contributed by atoms with Gasteiger partial charge in [0.1, 0.15) is 5.75 Å². The fourth-order valence-electron chi connectivity index (χ4n) is 4.21. The lowest BCUT2D eigenvalue weighted by Gasteiger charge is -2.34. The van der Waals surface area contributed by atoms with Crippen molar-refractivity contribution in [3.05, 3.63) is 53.6 Å². The molecule has 0 radical (unpaired) electrons. The van der Waals surface area contributed by atoms with E-state index in [-0.39, 0.29) is 5.75 Å². The number of methoxy groups -OCH3 is 2. The summed E-state index contributed by atoms with van der Waals surface area (Å²) < 4.78 is 10.6. The van der Waals surface area contributed by atoms with Crippen molar-refractivity contribution >= 4 is 11.1 Å². The van der Waals surface area contributed by atoms with Crippen LogP contribution in [0.3, 0.4) is 0 Å². The molecule has 0 unspecified atom stereocenters. The molecule has 2 aromatic rings. The molecule has 2 heterocycles. The third-order valence-electron chi connectivity index (χ3n) is 5.63. The monoisotopic (exact) mass is 351 g/mol. The van der Waals surface area contributed by atoms with E-state index in [1.807, 2.05) is 24.3 Å².